The van der Waals surface area contributed by atoms with Crippen molar-refractivity contribution in [1.29, 1.82) is 0 Å². The summed E-state index contributed by atoms with van der Waals surface area (Å²) in [4.78, 5) is 47.9. The Balaban J connectivity index is 1.03. The maximum atomic E-state index is 15.4. The van der Waals surface area contributed by atoms with Crippen molar-refractivity contribution in [2.24, 2.45) is 5.92 Å². The molecule has 3 saturated heterocycles. The number of aromatic nitrogens is 1. The number of nitrogens with one attached hydrogen (secondary N) is 1. The van der Waals surface area contributed by atoms with E-state index < -0.39 is 11.9 Å². The zero-order chi connectivity index (χ0) is 31.2. The lowest BCUT2D eigenvalue weighted by molar-refractivity contribution is -0.136. The number of pyridine rings is 1. The number of amides is 3. The van der Waals surface area contributed by atoms with Gasteiger partial charge in [-0.1, -0.05) is 6.07 Å². The normalized spacial score (nSPS) is 25.8. The highest BCUT2D eigenvalue weighted by molar-refractivity contribution is 6.05. The van der Waals surface area contributed by atoms with Crippen molar-refractivity contribution in [3.05, 3.63) is 70.7 Å². The molecule has 3 amide bonds. The predicted octanol–water partition coefficient (Wildman–Crippen LogP) is 3.43. The predicted molar refractivity (Wildman–Crippen MR) is 164 cm³/mol. The Bertz CT molecular complexity index is 1670. The van der Waals surface area contributed by atoms with Crippen LogP contribution in [-0.2, 0) is 27.4 Å². The van der Waals surface area contributed by atoms with Crippen LogP contribution in [0.25, 0.3) is 10.9 Å². The van der Waals surface area contributed by atoms with Crippen molar-refractivity contribution < 1.29 is 28.2 Å². The molecule has 7 rings (SSSR count). The first-order chi connectivity index (χ1) is 21.8. The maximum absolute atomic E-state index is 15.4. The van der Waals surface area contributed by atoms with Gasteiger partial charge in [-0.15, -0.1) is 0 Å². The first-order valence-electron chi connectivity index (χ1n) is 15.7. The molecule has 4 atom stereocenters. The van der Waals surface area contributed by atoms with Crippen LogP contribution in [0, 0.1) is 11.7 Å². The van der Waals surface area contributed by atoms with Crippen LogP contribution in [0.4, 0.5) is 4.39 Å². The van der Waals surface area contributed by atoms with Crippen LogP contribution in [0.2, 0.25) is 0 Å². The highest BCUT2D eigenvalue weighted by Gasteiger charge is 2.40. The molecule has 0 saturated carbocycles. The molecule has 3 fully saturated rings. The molecule has 0 aliphatic carbocycles. The molecule has 10 nitrogen and oxygen atoms in total. The number of piperidine rings is 1. The summed E-state index contributed by atoms with van der Waals surface area (Å²) >= 11 is 0. The van der Waals surface area contributed by atoms with E-state index in [9.17, 15) is 14.4 Å². The van der Waals surface area contributed by atoms with Crippen LogP contribution >= 0.6 is 0 Å². The fraction of sp³-hybridized carbons (Fsp3) is 0.471. The van der Waals surface area contributed by atoms with Gasteiger partial charge in [-0.2, -0.15) is 0 Å². The Morgan fingerprint density at radius 3 is 2.69 bits per heavy atom. The molecule has 0 bridgehead atoms. The second kappa shape index (κ2) is 12.1. The van der Waals surface area contributed by atoms with Gasteiger partial charge in [0.25, 0.3) is 5.91 Å². The van der Waals surface area contributed by atoms with E-state index in [2.05, 4.69) is 22.2 Å². The van der Waals surface area contributed by atoms with Crippen LogP contribution in [-0.4, -0.2) is 89.9 Å². The molecular formula is C34H38FN5O5. The molecule has 4 aliphatic rings. The van der Waals surface area contributed by atoms with Crippen LogP contribution in [0.15, 0.2) is 42.5 Å². The SMILES string of the molecule is COC[C@@H]1CN(Cc2cc(F)c3nc(C4CCCN4C)ccc3c2)C[C@H]1Oc1ccc2c(c1)CN([C@H]1CCC(=O)NC1=O)C2=O. The van der Waals surface area contributed by atoms with E-state index >= 15 is 4.39 Å². The van der Waals surface area contributed by atoms with Crippen molar-refractivity contribution >= 4 is 28.6 Å². The van der Waals surface area contributed by atoms with Gasteiger partial charge in [-0.3, -0.25) is 29.5 Å². The Labute approximate surface area is 261 Å². The van der Waals surface area contributed by atoms with Crippen molar-refractivity contribution in [2.75, 3.05) is 40.4 Å². The summed E-state index contributed by atoms with van der Waals surface area (Å²) in [5, 5.41) is 3.14. The number of likely N-dealkylation sites (tertiary alicyclic amines) is 2. The van der Waals surface area contributed by atoms with Crippen LogP contribution in [0.3, 0.4) is 0 Å². The van der Waals surface area contributed by atoms with Crippen molar-refractivity contribution in [1.82, 2.24) is 25.0 Å². The first-order valence-corrected chi connectivity index (χ1v) is 15.7. The largest absolute Gasteiger partial charge is 0.489 e. The molecule has 1 aromatic heterocycles. The summed E-state index contributed by atoms with van der Waals surface area (Å²) < 4.78 is 27.4. The van der Waals surface area contributed by atoms with Gasteiger partial charge < -0.3 is 14.4 Å². The topological polar surface area (TPSA) is 104 Å². The van der Waals surface area contributed by atoms with E-state index in [4.69, 9.17) is 14.5 Å². The number of carbonyl (C=O) groups is 3. The lowest BCUT2D eigenvalue weighted by Crippen LogP contribution is -2.52. The molecular weight excluding hydrogens is 577 g/mol. The lowest BCUT2D eigenvalue weighted by atomic mass is 10.0. The van der Waals surface area contributed by atoms with Gasteiger partial charge in [0.15, 0.2) is 0 Å². The number of methoxy groups -OCH3 is 1. The third-order valence-corrected chi connectivity index (χ3v) is 9.72. The standard InChI is InChI=1S/C34H38FN5O5/c1-38-11-3-4-28(38)27-8-5-21-12-20(13-26(35)32(21)36-27)15-39-16-23(19-44-2)30(18-39)45-24-6-7-25-22(14-24)17-40(34(25)43)29-9-10-31(41)37-33(29)42/h5-8,12-14,23,28-30H,3-4,9-11,15-19H2,1-2H3,(H,37,41,42)/t23-,28?,29-,30+/m0/s1. The molecule has 45 heavy (non-hydrogen) atoms. The molecule has 0 spiro atoms. The molecule has 0 radical (unpaired) electrons. The molecule has 1 N–H and O–H groups in total. The zero-order valence-electron chi connectivity index (χ0n) is 25.6. The van der Waals surface area contributed by atoms with Gasteiger partial charge in [0.1, 0.15) is 29.2 Å². The van der Waals surface area contributed by atoms with Gasteiger partial charge in [0, 0.05) is 56.6 Å². The van der Waals surface area contributed by atoms with Crippen molar-refractivity contribution in [2.45, 2.75) is 57.0 Å². The van der Waals surface area contributed by atoms with E-state index in [0.29, 0.717) is 42.9 Å². The fourth-order valence-electron chi connectivity index (χ4n) is 7.45. The van der Waals surface area contributed by atoms with E-state index in [0.717, 1.165) is 48.1 Å². The van der Waals surface area contributed by atoms with Crippen molar-refractivity contribution in [3.63, 3.8) is 0 Å². The molecule has 1 unspecified atom stereocenters. The minimum Gasteiger partial charge on any atom is -0.489 e. The number of carbonyl (C=O) groups excluding carboxylic acids is 3. The zero-order valence-corrected chi connectivity index (χ0v) is 25.6. The number of imide groups is 1. The summed E-state index contributed by atoms with van der Waals surface area (Å²) in [5.74, 6) is -0.508. The Kier molecular flexibility index (Phi) is 8.01. The Morgan fingerprint density at radius 2 is 1.91 bits per heavy atom. The van der Waals surface area contributed by atoms with Gasteiger partial charge in [0.05, 0.1) is 18.3 Å². The number of hydrogen-bond donors (Lipinski definition) is 1. The fourth-order valence-corrected chi connectivity index (χ4v) is 7.45. The monoisotopic (exact) mass is 615 g/mol. The highest BCUT2D eigenvalue weighted by atomic mass is 19.1. The maximum Gasteiger partial charge on any atom is 0.255 e. The third-order valence-electron chi connectivity index (χ3n) is 9.72. The number of ether oxygens (including phenoxy) is 2. The Hall–Kier alpha value is -3.93. The average molecular weight is 616 g/mol. The average Bonchev–Trinajstić information content (AvgIpc) is 3.70. The van der Waals surface area contributed by atoms with E-state index in [1.165, 1.54) is 4.90 Å². The minimum absolute atomic E-state index is 0.0998. The van der Waals surface area contributed by atoms with Gasteiger partial charge in [-0.05, 0) is 80.4 Å². The highest BCUT2D eigenvalue weighted by Crippen LogP contribution is 2.33. The van der Waals surface area contributed by atoms with Crippen LogP contribution in [0.1, 0.15) is 58.9 Å². The summed E-state index contributed by atoms with van der Waals surface area (Å²) in [7, 11) is 3.77. The number of fused-ring (bicyclic) bond motifs is 2. The van der Waals surface area contributed by atoms with Gasteiger partial charge in [-0.25, -0.2) is 9.37 Å². The minimum atomic E-state index is -0.659. The Morgan fingerprint density at radius 1 is 1.04 bits per heavy atom. The molecule has 4 aliphatic heterocycles. The number of hydrogen-bond acceptors (Lipinski definition) is 8. The molecule has 11 heteroatoms. The van der Waals surface area contributed by atoms with E-state index in [1.54, 1.807) is 25.3 Å². The van der Waals surface area contributed by atoms with Crippen LogP contribution in [0.5, 0.6) is 5.75 Å². The smallest absolute Gasteiger partial charge is 0.255 e. The number of nitrogens with zero attached hydrogens (tertiary/aromatic N) is 4. The van der Waals surface area contributed by atoms with Gasteiger partial charge >= 0.3 is 0 Å². The first kappa shape index (κ1) is 29.8. The summed E-state index contributed by atoms with van der Waals surface area (Å²) in [6.45, 7) is 3.78. The third kappa shape index (κ3) is 5.80. The second-order valence-electron chi connectivity index (χ2n) is 12.8. The quantitative estimate of drug-likeness (QED) is 0.385. The number of rotatable bonds is 8. The summed E-state index contributed by atoms with van der Waals surface area (Å²) in [5.41, 5.74) is 3.57. The van der Waals surface area contributed by atoms with Crippen LogP contribution < -0.4 is 10.1 Å². The second-order valence-corrected chi connectivity index (χ2v) is 12.8. The van der Waals surface area contributed by atoms with E-state index in [1.807, 2.05) is 24.3 Å². The lowest BCUT2D eigenvalue weighted by Gasteiger charge is -2.29. The molecule has 2 aromatic carbocycles. The number of benzene rings is 2. The molecule has 3 aromatic rings. The summed E-state index contributed by atoms with van der Waals surface area (Å²) in [6, 6.07) is 12.6. The molecule has 5 heterocycles. The summed E-state index contributed by atoms with van der Waals surface area (Å²) in [6.07, 6.45) is 2.54. The van der Waals surface area contributed by atoms with E-state index in [-0.39, 0.29) is 48.7 Å². The van der Waals surface area contributed by atoms with Gasteiger partial charge in [0.2, 0.25) is 11.8 Å². The molecule has 236 valence electrons. The van der Waals surface area contributed by atoms with Crippen molar-refractivity contribution in [3.8, 4) is 5.75 Å². The number of halogens is 1.